The van der Waals surface area contributed by atoms with Crippen LogP contribution in [0.3, 0.4) is 0 Å². The second-order valence-electron chi connectivity index (χ2n) is 20.8. The van der Waals surface area contributed by atoms with Crippen molar-refractivity contribution >= 4 is 56.9 Å². The Hall–Kier alpha value is -9.64. The molecule has 21 nitrogen and oxygen atoms in total. The molecule has 23 heteroatoms. The molecule has 4 aromatic heterocycles. The predicted octanol–water partition coefficient (Wildman–Crippen LogP) is 6.63. The van der Waals surface area contributed by atoms with Crippen molar-refractivity contribution in [3.63, 3.8) is 0 Å². The molecular formula is C59H54F2N12O9. The van der Waals surface area contributed by atoms with E-state index < -0.39 is 46.2 Å². The minimum atomic E-state index is -0.834. The van der Waals surface area contributed by atoms with Crippen LogP contribution in [-0.4, -0.2) is 117 Å². The number of fused-ring (bicyclic) bond motifs is 4. The Morgan fingerprint density at radius 1 is 0.695 bits per heavy atom. The molecule has 3 amide bonds. The zero-order valence-corrected chi connectivity index (χ0v) is 44.6. The SMILES string of the molecule is CCOC(=O)c1cn2c3c(c(N4CCC(c5cnccn5)C4)c(F)cc3c1=O)Oc1ccc(C(N)=O)cc1-2.CN1CCCC1CCNC(=O)c1cn2c3c(c(N4CCC(c5cnccn5)C4)c(F)cc3c1=O)Oc1ccc(C(N)=O)cc1-2. The molecule has 3 saturated heterocycles. The molecular weight excluding hydrogens is 1060 g/mol. The predicted molar refractivity (Wildman–Crippen MR) is 298 cm³/mol. The number of rotatable bonds is 12. The van der Waals surface area contributed by atoms with Gasteiger partial charge in [0.25, 0.3) is 5.91 Å². The van der Waals surface area contributed by atoms with Crippen LogP contribution in [0.5, 0.6) is 23.0 Å². The third-order valence-electron chi connectivity index (χ3n) is 16.0. The average molecular weight is 1110 g/mol. The van der Waals surface area contributed by atoms with E-state index in [9.17, 15) is 28.8 Å². The summed E-state index contributed by atoms with van der Waals surface area (Å²) < 4.78 is 52.7. The Balaban J connectivity index is 0.000000164. The number of amides is 3. The van der Waals surface area contributed by atoms with Gasteiger partial charge >= 0.3 is 5.97 Å². The zero-order valence-electron chi connectivity index (χ0n) is 44.6. The smallest absolute Gasteiger partial charge is 0.343 e. The average Bonchev–Trinajstić information content (AvgIpc) is 3.37. The topological polar surface area (TPSA) is 265 Å². The number of anilines is 2. The number of carbonyl (C=O) groups excluding carboxylic acids is 4. The number of primary amides is 2. The number of hydrogen-bond donors (Lipinski definition) is 3. The van der Waals surface area contributed by atoms with Crippen molar-refractivity contribution in [2.24, 2.45) is 11.5 Å². The first-order chi connectivity index (χ1) is 39.7. The van der Waals surface area contributed by atoms with Gasteiger partial charge in [0.05, 0.1) is 40.1 Å². The van der Waals surface area contributed by atoms with Gasteiger partial charge in [-0.15, -0.1) is 0 Å². The van der Waals surface area contributed by atoms with Crippen LogP contribution in [0.15, 0.2) is 108 Å². The minimum Gasteiger partial charge on any atom is -0.462 e. The first kappa shape index (κ1) is 53.0. The Morgan fingerprint density at radius 2 is 1.21 bits per heavy atom. The number of esters is 1. The van der Waals surface area contributed by atoms with Crippen LogP contribution >= 0.6 is 0 Å². The number of nitrogens with one attached hydrogen (secondary N) is 1. The van der Waals surface area contributed by atoms with E-state index in [1.54, 1.807) is 71.4 Å². The van der Waals surface area contributed by atoms with Crippen molar-refractivity contribution in [3.8, 4) is 34.4 Å². The fourth-order valence-corrected chi connectivity index (χ4v) is 11.9. The van der Waals surface area contributed by atoms with E-state index in [0.29, 0.717) is 67.2 Å². The molecule has 0 spiro atoms. The maximum atomic E-state index is 16.1. The van der Waals surface area contributed by atoms with Crippen molar-refractivity contribution in [3.05, 3.63) is 164 Å². The van der Waals surface area contributed by atoms with Gasteiger partial charge < -0.3 is 54.8 Å². The van der Waals surface area contributed by atoms with Gasteiger partial charge in [0.2, 0.25) is 22.7 Å². The van der Waals surface area contributed by atoms with Gasteiger partial charge in [-0.1, -0.05) is 0 Å². The highest BCUT2D eigenvalue weighted by molar-refractivity contribution is 6.03. The van der Waals surface area contributed by atoms with Crippen LogP contribution in [0.25, 0.3) is 33.2 Å². The fraction of sp³-hybridized carbons (Fsp3) is 0.288. The number of aromatic nitrogens is 6. The molecule has 418 valence electrons. The van der Waals surface area contributed by atoms with Gasteiger partial charge in [-0.2, -0.15) is 0 Å². The quantitative estimate of drug-likeness (QED) is 0.108. The fourth-order valence-electron chi connectivity index (χ4n) is 11.9. The molecule has 0 saturated carbocycles. The Bertz CT molecular complexity index is 4070. The molecule has 9 heterocycles. The Morgan fingerprint density at radius 3 is 1.67 bits per heavy atom. The molecule has 3 fully saturated rings. The van der Waals surface area contributed by atoms with E-state index in [2.05, 4.69) is 37.2 Å². The van der Waals surface area contributed by atoms with Gasteiger partial charge in [0.15, 0.2) is 34.6 Å². The highest BCUT2D eigenvalue weighted by Crippen LogP contribution is 2.50. The maximum Gasteiger partial charge on any atom is 0.343 e. The molecule has 0 bridgehead atoms. The second kappa shape index (κ2) is 21.4. The van der Waals surface area contributed by atoms with Crippen LogP contribution in [-0.2, 0) is 4.74 Å². The normalized spacial score (nSPS) is 17.6. The van der Waals surface area contributed by atoms with E-state index in [4.69, 9.17) is 25.7 Å². The standard InChI is InChI=1S/C32H32FN7O4.C27H22FN5O5/c1-38-11-2-3-20(38)6-8-37-32(43)22-17-40-25-13-18(31(34)42)4-5-26(25)44-30-27(40)21(29(22)41)14-23(33)28(30)39-12-7-19(16-39)24-15-35-9-10-36-24;1-2-37-27(36)17-13-33-20-9-14(26(29)35)3-4-21(20)38-25-22(33)16(24(17)34)10-18(28)23(25)32-8-5-15(12-32)19-11-30-6-7-31-19/h4-5,9-10,13-15,17,19-20H,2-3,6-8,11-12,16H2,1H3,(H2,34,42)(H,37,43);3-4,6-7,9-11,13,15H,2,5,8,12H2,1H3,(H2,29,35). The summed E-state index contributed by atoms with van der Waals surface area (Å²) in [7, 11) is 2.07. The summed E-state index contributed by atoms with van der Waals surface area (Å²) in [5.74, 6) is -2.93. The number of ether oxygens (including phenoxy) is 3. The van der Waals surface area contributed by atoms with Gasteiger partial charge in [-0.25, -0.2) is 13.6 Å². The number of likely N-dealkylation sites (tertiary alicyclic amines) is 1. The molecule has 3 unspecified atom stereocenters. The van der Waals surface area contributed by atoms with Crippen LogP contribution in [0.4, 0.5) is 20.2 Å². The lowest BCUT2D eigenvalue weighted by Gasteiger charge is -2.29. The van der Waals surface area contributed by atoms with Gasteiger partial charge in [0, 0.05) is 111 Å². The minimum absolute atomic E-state index is 0.00391. The molecule has 3 atom stereocenters. The van der Waals surface area contributed by atoms with Crippen molar-refractivity contribution in [1.82, 2.24) is 39.3 Å². The van der Waals surface area contributed by atoms with Crippen LogP contribution < -0.4 is 46.9 Å². The number of halogens is 2. The summed E-state index contributed by atoms with van der Waals surface area (Å²) >= 11 is 0. The van der Waals surface area contributed by atoms with Crippen molar-refractivity contribution in [1.29, 1.82) is 0 Å². The van der Waals surface area contributed by atoms with Crippen LogP contribution in [0.1, 0.15) is 104 Å². The molecule has 5 aliphatic heterocycles. The first-order valence-corrected chi connectivity index (χ1v) is 26.9. The summed E-state index contributed by atoms with van der Waals surface area (Å²) in [5.41, 5.74) is 13.2. The Labute approximate surface area is 466 Å². The molecule has 5 N–H and O–H groups in total. The Kier molecular flexibility index (Phi) is 13.9. The van der Waals surface area contributed by atoms with Gasteiger partial charge in [-0.3, -0.25) is 43.9 Å². The molecule has 0 radical (unpaired) electrons. The van der Waals surface area contributed by atoms with Crippen molar-refractivity contribution in [2.75, 3.05) is 62.7 Å². The molecule has 13 rings (SSSR count). The van der Waals surface area contributed by atoms with E-state index in [-0.39, 0.29) is 79.9 Å². The molecule has 5 aliphatic rings. The lowest BCUT2D eigenvalue weighted by molar-refractivity contribution is 0.0523. The summed E-state index contributed by atoms with van der Waals surface area (Å²) in [6.45, 7) is 5.11. The maximum absolute atomic E-state index is 16.1. The lowest BCUT2D eigenvalue weighted by atomic mass is 10.0. The largest absolute Gasteiger partial charge is 0.462 e. The summed E-state index contributed by atoms with van der Waals surface area (Å²) in [6.07, 6.45) is 17.1. The van der Waals surface area contributed by atoms with E-state index in [1.165, 1.54) is 36.7 Å². The lowest BCUT2D eigenvalue weighted by Crippen LogP contribution is -2.34. The van der Waals surface area contributed by atoms with Gasteiger partial charge in [-0.05, 0) is 101 Å². The second-order valence-corrected chi connectivity index (χ2v) is 20.8. The number of carbonyl (C=O) groups is 4. The molecule has 8 aromatic rings. The number of hydrogen-bond acceptors (Lipinski definition) is 16. The molecule has 82 heavy (non-hydrogen) atoms. The first-order valence-electron chi connectivity index (χ1n) is 26.9. The number of pyridine rings is 2. The third-order valence-corrected chi connectivity index (χ3v) is 16.0. The van der Waals surface area contributed by atoms with E-state index >= 15 is 8.78 Å². The highest BCUT2D eigenvalue weighted by Gasteiger charge is 2.37. The summed E-state index contributed by atoms with van der Waals surface area (Å²) in [6, 6.07) is 11.9. The van der Waals surface area contributed by atoms with E-state index in [0.717, 1.165) is 56.1 Å². The summed E-state index contributed by atoms with van der Waals surface area (Å²) in [5, 5.41) is 2.84. The van der Waals surface area contributed by atoms with Crippen LogP contribution in [0, 0.1) is 11.6 Å². The van der Waals surface area contributed by atoms with Crippen LogP contribution in [0.2, 0.25) is 0 Å². The van der Waals surface area contributed by atoms with Gasteiger partial charge in [0.1, 0.15) is 33.5 Å². The summed E-state index contributed by atoms with van der Waals surface area (Å²) in [4.78, 5) is 100. The third kappa shape index (κ3) is 9.44. The van der Waals surface area contributed by atoms with Crippen molar-refractivity contribution < 1.29 is 42.2 Å². The van der Waals surface area contributed by atoms with E-state index in [1.807, 2.05) is 9.80 Å². The highest BCUT2D eigenvalue weighted by atomic mass is 19.1. The molecule has 0 aliphatic carbocycles. The number of benzene rings is 4. The zero-order chi connectivity index (χ0) is 57.1. The molecule has 4 aromatic carbocycles. The monoisotopic (exact) mass is 1110 g/mol. The number of nitrogens with zero attached hydrogens (tertiary/aromatic N) is 9. The van der Waals surface area contributed by atoms with Crippen molar-refractivity contribution in [2.45, 2.75) is 56.9 Å². The number of nitrogens with two attached hydrogens (primary N) is 2.